The Morgan fingerprint density at radius 3 is 2.25 bits per heavy atom. The van der Waals surface area contributed by atoms with Gasteiger partial charge in [-0.1, -0.05) is 0 Å². The number of carboxylic acids is 1. The van der Waals surface area contributed by atoms with Gasteiger partial charge in [0.15, 0.2) is 0 Å². The van der Waals surface area contributed by atoms with Gasteiger partial charge in [0.25, 0.3) is 0 Å². The van der Waals surface area contributed by atoms with Crippen LogP contribution < -0.4 is 0 Å². The summed E-state index contributed by atoms with van der Waals surface area (Å²) in [5.74, 6) is -0.664. The highest BCUT2D eigenvalue weighted by Gasteiger charge is 2.44. The second-order valence-electron chi connectivity index (χ2n) is 3.65. The summed E-state index contributed by atoms with van der Waals surface area (Å²) >= 11 is 0. The Morgan fingerprint density at radius 2 is 1.92 bits per heavy atom. The van der Waals surface area contributed by atoms with Crippen molar-refractivity contribution >= 4 is 5.97 Å². The molecule has 3 aliphatic rings. The maximum Gasteiger partial charge on any atom is 0.323 e. The normalized spacial score (nSPS) is 46.1. The third-order valence-electron chi connectivity index (χ3n) is 3.03. The van der Waals surface area contributed by atoms with Crippen molar-refractivity contribution in [2.45, 2.75) is 25.0 Å². The zero-order chi connectivity index (χ0) is 8.72. The fourth-order valence-electron chi connectivity index (χ4n) is 2.32. The van der Waals surface area contributed by atoms with Crippen LogP contribution in [0.1, 0.15) is 12.8 Å². The highest BCUT2D eigenvalue weighted by atomic mass is 16.4. The first-order valence-corrected chi connectivity index (χ1v) is 4.35. The fraction of sp³-hybridized carbons (Fsp3) is 0.875. The zero-order valence-electron chi connectivity index (χ0n) is 6.81. The van der Waals surface area contributed by atoms with E-state index in [2.05, 4.69) is 0 Å². The van der Waals surface area contributed by atoms with Crippen molar-refractivity contribution in [1.29, 1.82) is 0 Å². The van der Waals surface area contributed by atoms with Crippen molar-refractivity contribution in [2.75, 3.05) is 13.1 Å². The topological polar surface area (TPSA) is 60.8 Å². The molecule has 3 aliphatic heterocycles. The van der Waals surface area contributed by atoms with Gasteiger partial charge in [0.05, 0.1) is 6.10 Å². The molecule has 2 bridgehead atoms. The van der Waals surface area contributed by atoms with Gasteiger partial charge in [0, 0.05) is 0 Å². The number of aliphatic hydroxyl groups excluding tert-OH is 1. The van der Waals surface area contributed by atoms with Crippen LogP contribution in [0.4, 0.5) is 0 Å². The molecule has 4 nitrogen and oxygen atoms in total. The minimum atomic E-state index is -0.882. The van der Waals surface area contributed by atoms with E-state index in [0.717, 1.165) is 25.9 Å². The van der Waals surface area contributed by atoms with E-state index in [9.17, 15) is 9.90 Å². The number of nitrogens with zero attached hydrogens (tertiary/aromatic N) is 1. The third kappa shape index (κ3) is 1.03. The largest absolute Gasteiger partial charge is 0.480 e. The average molecular weight is 171 g/mol. The van der Waals surface area contributed by atoms with Crippen LogP contribution in [-0.2, 0) is 4.79 Å². The van der Waals surface area contributed by atoms with Crippen LogP contribution in [0, 0.1) is 5.92 Å². The summed E-state index contributed by atoms with van der Waals surface area (Å²) in [5, 5.41) is 18.4. The van der Waals surface area contributed by atoms with Gasteiger partial charge >= 0.3 is 5.97 Å². The van der Waals surface area contributed by atoms with Gasteiger partial charge in [-0.15, -0.1) is 0 Å². The van der Waals surface area contributed by atoms with E-state index in [1.54, 1.807) is 0 Å². The lowest BCUT2D eigenvalue weighted by Gasteiger charge is -2.46. The molecule has 0 aromatic carbocycles. The molecule has 3 saturated heterocycles. The van der Waals surface area contributed by atoms with E-state index in [4.69, 9.17) is 5.11 Å². The average Bonchev–Trinajstić information content (AvgIpc) is 2.05. The summed E-state index contributed by atoms with van der Waals surface area (Å²) in [6.07, 6.45) is 1.25. The first kappa shape index (κ1) is 8.01. The summed E-state index contributed by atoms with van der Waals surface area (Å²) in [7, 11) is 0. The molecule has 12 heavy (non-hydrogen) atoms. The minimum absolute atomic E-state index is 0.219. The van der Waals surface area contributed by atoms with Crippen molar-refractivity contribution in [1.82, 2.24) is 4.90 Å². The first-order valence-electron chi connectivity index (χ1n) is 4.35. The van der Waals surface area contributed by atoms with Gasteiger partial charge in [0.1, 0.15) is 6.04 Å². The summed E-state index contributed by atoms with van der Waals surface area (Å²) in [6.45, 7) is 1.66. The molecule has 4 heteroatoms. The van der Waals surface area contributed by atoms with Crippen LogP contribution in [0.2, 0.25) is 0 Å². The van der Waals surface area contributed by atoms with E-state index in [-0.39, 0.29) is 5.92 Å². The molecule has 0 aromatic rings. The monoisotopic (exact) mass is 171 g/mol. The molecular weight excluding hydrogens is 158 g/mol. The van der Waals surface area contributed by atoms with Crippen molar-refractivity contribution in [3.63, 3.8) is 0 Å². The van der Waals surface area contributed by atoms with Gasteiger partial charge in [-0.25, -0.2) is 0 Å². The first-order chi connectivity index (χ1) is 5.70. The molecule has 3 rings (SSSR count). The molecule has 0 aromatic heterocycles. The number of aliphatic carboxylic acids is 1. The Kier molecular flexibility index (Phi) is 1.81. The lowest BCUT2D eigenvalue weighted by Crippen LogP contribution is -2.60. The van der Waals surface area contributed by atoms with Gasteiger partial charge in [-0.05, 0) is 31.8 Å². The minimum Gasteiger partial charge on any atom is -0.480 e. The van der Waals surface area contributed by atoms with E-state index >= 15 is 0 Å². The number of piperidine rings is 3. The summed E-state index contributed by atoms with van der Waals surface area (Å²) in [5.41, 5.74) is 0. The predicted octanol–water partition coefficient (Wildman–Crippen LogP) is -0.474. The lowest BCUT2D eigenvalue weighted by atomic mass is 9.81. The SMILES string of the molecule is O=C(O)C1C(O)C2CCN1CC2. The fourth-order valence-corrected chi connectivity index (χ4v) is 2.32. The molecular formula is C8H13NO3. The van der Waals surface area contributed by atoms with E-state index in [1.807, 2.05) is 4.90 Å². The van der Waals surface area contributed by atoms with Gasteiger partial charge in [-0.3, -0.25) is 9.69 Å². The van der Waals surface area contributed by atoms with Crippen LogP contribution in [0.15, 0.2) is 0 Å². The van der Waals surface area contributed by atoms with Crippen LogP contribution in [0.3, 0.4) is 0 Å². The van der Waals surface area contributed by atoms with Gasteiger partial charge < -0.3 is 10.2 Å². The molecule has 2 N–H and O–H groups in total. The van der Waals surface area contributed by atoms with Gasteiger partial charge in [-0.2, -0.15) is 0 Å². The number of hydrogen-bond acceptors (Lipinski definition) is 3. The standard InChI is InChI=1S/C8H13NO3/c10-7-5-1-3-9(4-2-5)6(7)8(11)12/h5-7,10H,1-4H2,(H,11,12). The van der Waals surface area contributed by atoms with Crippen LogP contribution >= 0.6 is 0 Å². The smallest absolute Gasteiger partial charge is 0.323 e. The molecule has 0 radical (unpaired) electrons. The van der Waals surface area contributed by atoms with E-state index in [1.165, 1.54) is 0 Å². The van der Waals surface area contributed by atoms with Crippen molar-refractivity contribution in [3.8, 4) is 0 Å². The maximum atomic E-state index is 10.8. The molecule has 3 heterocycles. The van der Waals surface area contributed by atoms with Crippen LogP contribution in [0.25, 0.3) is 0 Å². The Morgan fingerprint density at radius 1 is 1.33 bits per heavy atom. The van der Waals surface area contributed by atoms with E-state index < -0.39 is 18.1 Å². The van der Waals surface area contributed by atoms with Crippen molar-refractivity contribution in [3.05, 3.63) is 0 Å². The van der Waals surface area contributed by atoms with Gasteiger partial charge in [0.2, 0.25) is 0 Å². The Balaban J connectivity index is 2.18. The number of carbonyl (C=O) groups is 1. The highest BCUT2D eigenvalue weighted by Crippen LogP contribution is 2.32. The second kappa shape index (κ2) is 2.71. The molecule has 3 fully saturated rings. The second-order valence-corrected chi connectivity index (χ2v) is 3.65. The quantitative estimate of drug-likeness (QED) is 0.559. The molecule has 2 atom stereocenters. The van der Waals surface area contributed by atoms with E-state index in [0.29, 0.717) is 0 Å². The number of aliphatic hydroxyl groups is 1. The number of rotatable bonds is 1. The Bertz CT molecular complexity index is 196. The lowest BCUT2D eigenvalue weighted by molar-refractivity contribution is -0.158. The molecule has 0 saturated carbocycles. The third-order valence-corrected chi connectivity index (χ3v) is 3.03. The van der Waals surface area contributed by atoms with Crippen molar-refractivity contribution < 1.29 is 15.0 Å². The molecule has 68 valence electrons. The van der Waals surface area contributed by atoms with Crippen LogP contribution in [-0.4, -0.2) is 46.3 Å². The Hall–Kier alpha value is -0.610. The maximum absolute atomic E-state index is 10.8. The van der Waals surface area contributed by atoms with Crippen LogP contribution in [0.5, 0.6) is 0 Å². The molecule has 0 spiro atoms. The zero-order valence-corrected chi connectivity index (χ0v) is 6.81. The molecule has 2 unspecified atom stereocenters. The number of carboxylic acid groups (broad SMARTS) is 1. The number of hydrogen-bond donors (Lipinski definition) is 2. The summed E-state index contributed by atoms with van der Waals surface area (Å²) in [6, 6.07) is -0.641. The number of fused-ring (bicyclic) bond motifs is 3. The summed E-state index contributed by atoms with van der Waals surface area (Å²) in [4.78, 5) is 12.6. The van der Waals surface area contributed by atoms with Crippen molar-refractivity contribution in [2.24, 2.45) is 5.92 Å². The molecule has 0 amide bonds. The summed E-state index contributed by atoms with van der Waals surface area (Å²) < 4.78 is 0. The molecule has 0 aliphatic carbocycles. The Labute approximate surface area is 70.8 Å². The highest BCUT2D eigenvalue weighted by molar-refractivity contribution is 5.74. The predicted molar refractivity (Wildman–Crippen MR) is 41.7 cm³/mol.